The van der Waals surface area contributed by atoms with E-state index in [1.54, 1.807) is 6.92 Å². The van der Waals surface area contributed by atoms with Crippen molar-refractivity contribution < 1.29 is 9.59 Å². The highest BCUT2D eigenvalue weighted by Gasteiger charge is 2.36. The van der Waals surface area contributed by atoms with Gasteiger partial charge < -0.3 is 15.1 Å². The Balaban J connectivity index is 1.60. The van der Waals surface area contributed by atoms with Gasteiger partial charge in [-0.25, -0.2) is 0 Å². The normalized spacial score (nSPS) is 27.6. The Morgan fingerprint density at radius 2 is 1.92 bits per heavy atom. The summed E-state index contributed by atoms with van der Waals surface area (Å²) in [7, 11) is 0. The maximum atomic E-state index is 12.7. The molecule has 130 valence electrons. The molecule has 2 aliphatic rings. The molecule has 1 N–H and O–H groups in total. The molecule has 3 rings (SSSR count). The second-order valence-electron chi connectivity index (χ2n) is 6.81. The molecule has 6 heteroatoms. The van der Waals surface area contributed by atoms with Crippen LogP contribution in [0.4, 0.5) is 5.69 Å². The predicted molar refractivity (Wildman–Crippen MR) is 95.2 cm³/mol. The largest absolute Gasteiger partial charge is 0.343 e. The van der Waals surface area contributed by atoms with Gasteiger partial charge in [0.25, 0.3) is 0 Å². The fraction of sp³-hybridized carbons (Fsp3) is 0.556. The molecule has 0 spiro atoms. The third-order valence-electron chi connectivity index (χ3n) is 5.11. The molecule has 2 aliphatic heterocycles. The van der Waals surface area contributed by atoms with Crippen LogP contribution in [0.1, 0.15) is 26.7 Å². The number of likely N-dealkylation sites (tertiary alicyclic amines) is 1. The smallest absolute Gasteiger partial charge is 0.244 e. The zero-order valence-corrected chi connectivity index (χ0v) is 14.9. The zero-order valence-electron chi connectivity index (χ0n) is 14.2. The van der Waals surface area contributed by atoms with E-state index >= 15 is 0 Å². The number of carbonyl (C=O) groups excluding carboxylic acids is 2. The van der Waals surface area contributed by atoms with E-state index in [0.717, 1.165) is 38.2 Å². The number of hydrogen-bond acceptors (Lipinski definition) is 3. The first-order valence-electron chi connectivity index (χ1n) is 8.54. The topological polar surface area (TPSA) is 52.7 Å². The lowest BCUT2D eigenvalue weighted by molar-refractivity contribution is -0.131. The SMILES string of the molecule is CC(=O)N1CCC(NC2CCN(c3ccc(Cl)cc3)C2=O)C(C)C1. The number of rotatable bonds is 3. The predicted octanol–water partition coefficient (Wildman–Crippen LogP) is 2.29. The molecule has 3 atom stereocenters. The summed E-state index contributed by atoms with van der Waals surface area (Å²) < 4.78 is 0. The molecular weight excluding hydrogens is 326 g/mol. The van der Waals surface area contributed by atoms with Gasteiger partial charge in [0.15, 0.2) is 0 Å². The molecule has 2 amide bonds. The second-order valence-corrected chi connectivity index (χ2v) is 7.25. The van der Waals surface area contributed by atoms with Crippen LogP contribution in [0, 0.1) is 5.92 Å². The lowest BCUT2D eigenvalue weighted by Gasteiger charge is -2.38. The van der Waals surface area contributed by atoms with Gasteiger partial charge in [-0.1, -0.05) is 18.5 Å². The van der Waals surface area contributed by atoms with Crippen molar-refractivity contribution in [3.05, 3.63) is 29.3 Å². The van der Waals surface area contributed by atoms with E-state index in [2.05, 4.69) is 12.2 Å². The minimum Gasteiger partial charge on any atom is -0.343 e. The number of hydrogen-bond donors (Lipinski definition) is 1. The molecule has 0 aliphatic carbocycles. The Morgan fingerprint density at radius 3 is 2.54 bits per heavy atom. The second kappa shape index (κ2) is 7.11. The van der Waals surface area contributed by atoms with E-state index in [9.17, 15) is 9.59 Å². The van der Waals surface area contributed by atoms with E-state index < -0.39 is 0 Å². The quantitative estimate of drug-likeness (QED) is 0.911. The van der Waals surface area contributed by atoms with E-state index in [0.29, 0.717) is 10.9 Å². The fourth-order valence-electron chi connectivity index (χ4n) is 3.65. The summed E-state index contributed by atoms with van der Waals surface area (Å²) in [6, 6.07) is 7.53. The summed E-state index contributed by atoms with van der Waals surface area (Å²) in [5.74, 6) is 0.602. The summed E-state index contributed by atoms with van der Waals surface area (Å²) in [4.78, 5) is 27.9. The van der Waals surface area contributed by atoms with E-state index in [-0.39, 0.29) is 23.9 Å². The van der Waals surface area contributed by atoms with Gasteiger partial charge in [0.05, 0.1) is 6.04 Å². The molecule has 2 heterocycles. The molecule has 2 fully saturated rings. The third kappa shape index (κ3) is 3.57. The highest BCUT2D eigenvalue weighted by atomic mass is 35.5. The van der Waals surface area contributed by atoms with Crippen LogP contribution in [0.5, 0.6) is 0 Å². The van der Waals surface area contributed by atoms with Crippen molar-refractivity contribution in [2.75, 3.05) is 24.5 Å². The minimum absolute atomic E-state index is 0.124. The molecule has 0 radical (unpaired) electrons. The van der Waals surface area contributed by atoms with E-state index in [1.165, 1.54) is 0 Å². The maximum Gasteiger partial charge on any atom is 0.244 e. The lowest BCUT2D eigenvalue weighted by atomic mass is 9.93. The van der Waals surface area contributed by atoms with Crippen molar-refractivity contribution in [1.29, 1.82) is 0 Å². The van der Waals surface area contributed by atoms with Gasteiger partial charge in [0.1, 0.15) is 0 Å². The van der Waals surface area contributed by atoms with Crippen molar-refractivity contribution in [1.82, 2.24) is 10.2 Å². The van der Waals surface area contributed by atoms with Gasteiger partial charge >= 0.3 is 0 Å². The van der Waals surface area contributed by atoms with Gasteiger partial charge in [-0.2, -0.15) is 0 Å². The monoisotopic (exact) mass is 349 g/mol. The number of carbonyl (C=O) groups is 2. The molecular formula is C18H24ClN3O2. The number of amides is 2. The summed E-state index contributed by atoms with van der Waals surface area (Å²) >= 11 is 5.92. The first-order chi connectivity index (χ1) is 11.5. The molecule has 0 aromatic heterocycles. The van der Waals surface area contributed by atoms with Crippen molar-refractivity contribution in [2.45, 2.75) is 38.8 Å². The highest BCUT2D eigenvalue weighted by molar-refractivity contribution is 6.30. The van der Waals surface area contributed by atoms with Gasteiger partial charge in [-0.15, -0.1) is 0 Å². The van der Waals surface area contributed by atoms with Crippen LogP contribution < -0.4 is 10.2 Å². The summed E-state index contributed by atoms with van der Waals surface area (Å²) in [5, 5.41) is 4.21. The number of benzene rings is 1. The molecule has 1 aromatic rings. The minimum atomic E-state index is -0.142. The number of nitrogens with zero attached hydrogens (tertiary/aromatic N) is 2. The maximum absolute atomic E-state index is 12.7. The van der Waals surface area contributed by atoms with Crippen LogP contribution in [-0.2, 0) is 9.59 Å². The van der Waals surface area contributed by atoms with Gasteiger partial charge in [0, 0.05) is 43.3 Å². The third-order valence-corrected chi connectivity index (χ3v) is 5.36. The van der Waals surface area contributed by atoms with E-state index in [1.807, 2.05) is 34.1 Å². The summed E-state index contributed by atoms with van der Waals surface area (Å²) in [6.07, 6.45) is 1.70. The Bertz CT molecular complexity index is 619. The zero-order chi connectivity index (χ0) is 17.3. The van der Waals surface area contributed by atoms with Crippen LogP contribution in [0.15, 0.2) is 24.3 Å². The summed E-state index contributed by atoms with van der Waals surface area (Å²) in [5.41, 5.74) is 0.896. The standard InChI is InChI=1S/C18H24ClN3O2/c1-12-11-21(13(2)23)9-7-16(12)20-17-8-10-22(18(17)24)15-5-3-14(19)4-6-15/h3-6,12,16-17,20H,7-11H2,1-2H3. The number of nitrogens with one attached hydrogen (secondary N) is 1. The lowest BCUT2D eigenvalue weighted by Crippen LogP contribution is -2.53. The van der Waals surface area contributed by atoms with Crippen LogP contribution in [-0.4, -0.2) is 48.4 Å². The highest BCUT2D eigenvalue weighted by Crippen LogP contribution is 2.25. The Kier molecular flexibility index (Phi) is 5.11. The number of anilines is 1. The molecule has 3 unspecified atom stereocenters. The van der Waals surface area contributed by atoms with Crippen LogP contribution in [0.3, 0.4) is 0 Å². The van der Waals surface area contributed by atoms with Crippen molar-refractivity contribution in [3.8, 4) is 0 Å². The van der Waals surface area contributed by atoms with Gasteiger partial charge in [-0.3, -0.25) is 9.59 Å². The number of piperidine rings is 1. The average Bonchev–Trinajstić information content (AvgIpc) is 2.91. The van der Waals surface area contributed by atoms with Gasteiger partial charge in [0.2, 0.25) is 11.8 Å². The van der Waals surface area contributed by atoms with Crippen molar-refractivity contribution in [3.63, 3.8) is 0 Å². The summed E-state index contributed by atoms with van der Waals surface area (Å²) in [6.45, 7) is 6.00. The Morgan fingerprint density at radius 1 is 1.21 bits per heavy atom. The molecule has 24 heavy (non-hydrogen) atoms. The molecule has 0 bridgehead atoms. The molecule has 2 saturated heterocycles. The van der Waals surface area contributed by atoms with Crippen molar-refractivity contribution in [2.24, 2.45) is 5.92 Å². The molecule has 0 saturated carbocycles. The average molecular weight is 350 g/mol. The first-order valence-corrected chi connectivity index (χ1v) is 8.92. The molecule has 1 aromatic carbocycles. The van der Waals surface area contributed by atoms with Crippen LogP contribution in [0.2, 0.25) is 5.02 Å². The fourth-order valence-corrected chi connectivity index (χ4v) is 3.78. The Labute approximate surface area is 147 Å². The van der Waals surface area contributed by atoms with Gasteiger partial charge in [-0.05, 0) is 43.0 Å². The number of halogens is 1. The van der Waals surface area contributed by atoms with E-state index in [4.69, 9.17) is 11.6 Å². The Hall–Kier alpha value is -1.59. The van der Waals surface area contributed by atoms with Crippen LogP contribution >= 0.6 is 11.6 Å². The molecule has 5 nitrogen and oxygen atoms in total. The van der Waals surface area contributed by atoms with Crippen molar-refractivity contribution >= 4 is 29.1 Å². The first kappa shape index (κ1) is 17.2. The van der Waals surface area contributed by atoms with Crippen LogP contribution in [0.25, 0.3) is 0 Å².